The fraction of sp³-hybridized carbons (Fsp3) is 0.516. The highest BCUT2D eigenvalue weighted by molar-refractivity contribution is 5.91. The summed E-state index contributed by atoms with van der Waals surface area (Å²) in [5.74, 6) is 1.000. The van der Waals surface area contributed by atoms with Crippen molar-refractivity contribution in [2.75, 3.05) is 46.4 Å². The van der Waals surface area contributed by atoms with Crippen molar-refractivity contribution in [3.63, 3.8) is 0 Å². The summed E-state index contributed by atoms with van der Waals surface area (Å²) in [4.78, 5) is 36.6. The topological polar surface area (TPSA) is 95.4 Å². The molecule has 216 valence electrons. The minimum Gasteiger partial charge on any atom is -0.486 e. The van der Waals surface area contributed by atoms with Crippen LogP contribution in [0.4, 0.5) is 0 Å². The molecule has 0 aliphatic carbocycles. The van der Waals surface area contributed by atoms with E-state index in [0.29, 0.717) is 43.1 Å². The van der Waals surface area contributed by atoms with Gasteiger partial charge in [0.1, 0.15) is 19.8 Å². The predicted octanol–water partition coefficient (Wildman–Crippen LogP) is 3.03. The van der Waals surface area contributed by atoms with Crippen molar-refractivity contribution in [3.05, 3.63) is 50.8 Å². The van der Waals surface area contributed by atoms with Crippen molar-refractivity contribution in [1.29, 1.82) is 0 Å². The number of piperazine rings is 1. The van der Waals surface area contributed by atoms with Crippen molar-refractivity contribution < 1.29 is 23.7 Å². The molecular formula is C31H36N4O6. The van der Waals surface area contributed by atoms with Gasteiger partial charge in [-0.3, -0.25) is 9.69 Å². The first-order valence-electron chi connectivity index (χ1n) is 14.7. The van der Waals surface area contributed by atoms with E-state index in [1.807, 2.05) is 39.0 Å². The molecule has 0 amide bonds. The minimum atomic E-state index is -1.20. The summed E-state index contributed by atoms with van der Waals surface area (Å²) in [6.45, 7) is 12.0. The molecule has 0 radical (unpaired) electrons. The molecular weight excluding hydrogens is 524 g/mol. The second kappa shape index (κ2) is 9.82. The quantitative estimate of drug-likeness (QED) is 0.343. The Balaban J connectivity index is 0.00000135. The number of hydrogen-bond acceptors (Lipinski definition) is 9. The standard InChI is InChI=1S/C29H30N4O6.C2H6/c1-16-12-29(39-16)21-10-23-26-19(14-33(23)27(34)20(21)15-38-28(29)35)18(13-32-5-3-31(2)4-6-32)17-9-24-25(11-22(17)30-26)37-8-7-36-24;1-2/h9-11,16H,3-8,12-15H2,1-2H3;1-2H3/t16?,29-;/m0./s1. The Kier molecular flexibility index (Phi) is 6.33. The molecule has 2 saturated heterocycles. The van der Waals surface area contributed by atoms with Crippen molar-refractivity contribution >= 4 is 16.9 Å². The van der Waals surface area contributed by atoms with Gasteiger partial charge in [0, 0.05) is 61.7 Å². The first kappa shape index (κ1) is 26.4. The Labute approximate surface area is 238 Å². The molecule has 8 rings (SSSR count). The minimum absolute atomic E-state index is 0.0337. The molecule has 1 aromatic carbocycles. The summed E-state index contributed by atoms with van der Waals surface area (Å²) in [5, 5.41) is 1.02. The van der Waals surface area contributed by atoms with Gasteiger partial charge in [-0.2, -0.15) is 0 Å². The zero-order valence-electron chi connectivity index (χ0n) is 24.1. The lowest BCUT2D eigenvalue weighted by Gasteiger charge is -2.47. The number of likely N-dealkylation sites (N-methyl/N-ethyl adjacent to an activating group) is 1. The number of benzene rings is 1. The number of ether oxygens (including phenoxy) is 4. The van der Waals surface area contributed by atoms with Gasteiger partial charge in [0.15, 0.2) is 17.1 Å². The number of cyclic esters (lactones) is 1. The van der Waals surface area contributed by atoms with E-state index in [4.69, 9.17) is 23.9 Å². The number of carbonyl (C=O) groups excluding carboxylic acids is 1. The van der Waals surface area contributed by atoms with Gasteiger partial charge < -0.3 is 28.4 Å². The Morgan fingerprint density at radius 1 is 0.976 bits per heavy atom. The lowest BCUT2D eigenvalue weighted by molar-refractivity contribution is -0.234. The Morgan fingerprint density at radius 2 is 1.68 bits per heavy atom. The maximum atomic E-state index is 13.9. The van der Waals surface area contributed by atoms with Gasteiger partial charge in [-0.15, -0.1) is 0 Å². The molecule has 7 heterocycles. The molecule has 5 aliphatic rings. The maximum Gasteiger partial charge on any atom is 0.343 e. The second-order valence-electron chi connectivity index (χ2n) is 11.4. The van der Waals surface area contributed by atoms with E-state index in [1.54, 1.807) is 4.57 Å². The smallest absolute Gasteiger partial charge is 0.343 e. The molecule has 2 atom stereocenters. The Hall–Kier alpha value is -3.47. The number of hydrogen-bond donors (Lipinski definition) is 0. The lowest BCUT2D eigenvalue weighted by Crippen LogP contribution is -2.56. The van der Waals surface area contributed by atoms with Crippen LogP contribution in [-0.2, 0) is 39.6 Å². The summed E-state index contributed by atoms with van der Waals surface area (Å²) in [6, 6.07) is 5.95. The summed E-state index contributed by atoms with van der Waals surface area (Å²) in [5.41, 5.74) is 4.31. The lowest BCUT2D eigenvalue weighted by atomic mass is 9.79. The molecule has 2 fully saturated rings. The SMILES string of the molecule is CC.CC1C[C@@]2(O1)C(=O)OCc1c2cc2n(c1=O)Cc1c-2nc2cc3c(cc2c1CN1CCN(C)CC1)OCCO3. The number of fused-ring (bicyclic) bond motifs is 7. The third-order valence-corrected chi connectivity index (χ3v) is 8.89. The summed E-state index contributed by atoms with van der Waals surface area (Å²) in [7, 11) is 2.15. The van der Waals surface area contributed by atoms with E-state index in [2.05, 4.69) is 16.8 Å². The fourth-order valence-electron chi connectivity index (χ4n) is 6.81. The van der Waals surface area contributed by atoms with Crippen LogP contribution < -0.4 is 15.0 Å². The van der Waals surface area contributed by atoms with E-state index in [0.717, 1.165) is 71.9 Å². The van der Waals surface area contributed by atoms with Crippen LogP contribution >= 0.6 is 0 Å². The molecule has 10 nitrogen and oxygen atoms in total. The predicted molar refractivity (Wildman–Crippen MR) is 152 cm³/mol. The number of aromatic nitrogens is 2. The highest BCUT2D eigenvalue weighted by Gasteiger charge is 2.57. The van der Waals surface area contributed by atoms with Crippen LogP contribution in [0, 0.1) is 0 Å². The number of carbonyl (C=O) groups is 1. The molecule has 0 bridgehead atoms. The molecule has 10 heteroatoms. The Morgan fingerprint density at radius 3 is 2.39 bits per heavy atom. The van der Waals surface area contributed by atoms with E-state index >= 15 is 0 Å². The Bertz CT molecular complexity index is 1620. The van der Waals surface area contributed by atoms with Crippen LogP contribution in [0.15, 0.2) is 23.0 Å². The molecule has 1 spiro atoms. The van der Waals surface area contributed by atoms with E-state index in [9.17, 15) is 9.59 Å². The first-order valence-corrected chi connectivity index (χ1v) is 14.7. The molecule has 1 unspecified atom stereocenters. The zero-order chi connectivity index (χ0) is 28.5. The highest BCUT2D eigenvalue weighted by atomic mass is 16.6. The third-order valence-electron chi connectivity index (χ3n) is 8.89. The molecule has 41 heavy (non-hydrogen) atoms. The average Bonchev–Trinajstić information content (AvgIpc) is 3.34. The van der Waals surface area contributed by atoms with Gasteiger partial charge in [-0.05, 0) is 31.7 Å². The van der Waals surface area contributed by atoms with Gasteiger partial charge in [0.25, 0.3) is 5.56 Å². The van der Waals surface area contributed by atoms with Gasteiger partial charge in [-0.25, -0.2) is 9.78 Å². The van der Waals surface area contributed by atoms with Crippen molar-refractivity contribution in [2.24, 2.45) is 0 Å². The molecule has 3 aromatic rings. The van der Waals surface area contributed by atoms with Gasteiger partial charge in [-0.1, -0.05) is 13.8 Å². The van der Waals surface area contributed by atoms with E-state index < -0.39 is 11.6 Å². The van der Waals surface area contributed by atoms with Crippen LogP contribution in [0.3, 0.4) is 0 Å². The maximum absolute atomic E-state index is 13.9. The zero-order valence-corrected chi connectivity index (χ0v) is 24.1. The van der Waals surface area contributed by atoms with Gasteiger partial charge >= 0.3 is 5.97 Å². The van der Waals surface area contributed by atoms with Crippen molar-refractivity contribution in [2.45, 2.75) is 58.6 Å². The molecule has 5 aliphatic heterocycles. The summed E-state index contributed by atoms with van der Waals surface area (Å²) < 4.78 is 25.0. The fourth-order valence-corrected chi connectivity index (χ4v) is 6.81. The number of nitrogens with zero attached hydrogens (tertiary/aromatic N) is 4. The number of esters is 1. The summed E-state index contributed by atoms with van der Waals surface area (Å²) >= 11 is 0. The molecule has 2 aromatic heterocycles. The van der Waals surface area contributed by atoms with Crippen molar-refractivity contribution in [3.8, 4) is 22.9 Å². The van der Waals surface area contributed by atoms with Crippen LogP contribution in [0.25, 0.3) is 22.3 Å². The first-order chi connectivity index (χ1) is 19.9. The highest BCUT2D eigenvalue weighted by Crippen LogP contribution is 2.48. The van der Waals surface area contributed by atoms with Crippen LogP contribution in [-0.4, -0.2) is 77.9 Å². The van der Waals surface area contributed by atoms with Crippen LogP contribution in [0.1, 0.15) is 49.4 Å². The molecule has 0 N–H and O–H groups in total. The average molecular weight is 561 g/mol. The normalized spacial score (nSPS) is 24.6. The van der Waals surface area contributed by atoms with Crippen LogP contribution in [0.5, 0.6) is 11.5 Å². The van der Waals surface area contributed by atoms with Crippen molar-refractivity contribution in [1.82, 2.24) is 19.4 Å². The van der Waals surface area contributed by atoms with Gasteiger partial charge in [0.05, 0.1) is 35.1 Å². The third kappa shape index (κ3) is 3.99. The van der Waals surface area contributed by atoms with Gasteiger partial charge in [0.2, 0.25) is 0 Å². The summed E-state index contributed by atoms with van der Waals surface area (Å²) in [6.07, 6.45) is 0.426. The van der Waals surface area contributed by atoms with E-state index in [-0.39, 0.29) is 18.3 Å². The largest absolute Gasteiger partial charge is 0.486 e. The monoisotopic (exact) mass is 560 g/mol. The number of rotatable bonds is 2. The van der Waals surface area contributed by atoms with E-state index in [1.165, 1.54) is 0 Å². The number of pyridine rings is 2. The van der Waals surface area contributed by atoms with Crippen LogP contribution in [0.2, 0.25) is 0 Å². The second-order valence-corrected chi connectivity index (χ2v) is 11.4. The molecule has 0 saturated carbocycles.